The molecule has 0 bridgehead atoms. The predicted octanol–water partition coefficient (Wildman–Crippen LogP) is 3.59. The van der Waals surface area contributed by atoms with Crippen molar-refractivity contribution in [3.8, 4) is 0 Å². The molecule has 26 heavy (non-hydrogen) atoms. The Bertz CT molecular complexity index is 838. The van der Waals surface area contributed by atoms with Crippen molar-refractivity contribution in [2.24, 2.45) is 5.92 Å². The number of fused-ring (bicyclic) bond motifs is 1. The fourth-order valence-electron chi connectivity index (χ4n) is 3.75. The Balaban J connectivity index is 1.79. The zero-order valence-electron chi connectivity index (χ0n) is 14.5. The van der Waals surface area contributed by atoms with Gasteiger partial charge in [0.05, 0.1) is 11.7 Å². The van der Waals surface area contributed by atoms with Crippen molar-refractivity contribution in [1.29, 1.82) is 0 Å². The zero-order chi connectivity index (χ0) is 18.4. The van der Waals surface area contributed by atoms with E-state index in [1.165, 1.54) is 4.90 Å². The maximum Gasteiger partial charge on any atom is 0.262 e. The highest BCUT2D eigenvalue weighted by atomic mass is 35.5. The highest BCUT2D eigenvalue weighted by Gasteiger charge is 2.60. The quantitative estimate of drug-likeness (QED) is 0.775. The number of likely N-dealkylation sites (tertiary alicyclic amines) is 1. The van der Waals surface area contributed by atoms with E-state index >= 15 is 0 Å². The Morgan fingerprint density at radius 1 is 0.962 bits per heavy atom. The third-order valence-electron chi connectivity index (χ3n) is 4.89. The summed E-state index contributed by atoms with van der Waals surface area (Å²) in [6.07, 6.45) is -0.800. The van der Waals surface area contributed by atoms with Crippen LogP contribution in [-0.4, -0.2) is 28.9 Å². The number of halogens is 1. The van der Waals surface area contributed by atoms with Gasteiger partial charge in [-0.25, -0.2) is 5.06 Å². The van der Waals surface area contributed by atoms with Gasteiger partial charge in [0.1, 0.15) is 5.92 Å². The van der Waals surface area contributed by atoms with Crippen molar-refractivity contribution < 1.29 is 14.4 Å². The fourth-order valence-corrected chi connectivity index (χ4v) is 3.87. The van der Waals surface area contributed by atoms with Crippen molar-refractivity contribution in [2.45, 2.75) is 32.0 Å². The van der Waals surface area contributed by atoms with Crippen molar-refractivity contribution in [1.82, 2.24) is 4.90 Å². The number of rotatable bonds is 3. The molecule has 0 radical (unpaired) electrons. The van der Waals surface area contributed by atoms with Crippen LogP contribution in [0.25, 0.3) is 0 Å². The second kappa shape index (κ2) is 6.41. The molecule has 2 aromatic carbocycles. The second-order valence-corrected chi connectivity index (χ2v) is 7.29. The van der Waals surface area contributed by atoms with E-state index in [9.17, 15) is 9.59 Å². The first kappa shape index (κ1) is 17.1. The molecule has 2 heterocycles. The molecule has 2 aliphatic rings. The molecule has 2 saturated heterocycles. The molecule has 2 amide bonds. The van der Waals surface area contributed by atoms with Crippen LogP contribution in [0.4, 0.5) is 5.69 Å². The van der Waals surface area contributed by atoms with Gasteiger partial charge in [0.25, 0.3) is 5.91 Å². The molecule has 0 N–H and O–H groups in total. The van der Waals surface area contributed by atoms with Crippen LogP contribution in [0.5, 0.6) is 0 Å². The van der Waals surface area contributed by atoms with Gasteiger partial charge in [-0.15, -0.1) is 0 Å². The number of carbonyl (C=O) groups excluding carboxylic acids is 2. The molecule has 4 rings (SSSR count). The normalized spacial score (nSPS) is 25.3. The van der Waals surface area contributed by atoms with Gasteiger partial charge in [-0.05, 0) is 43.7 Å². The van der Waals surface area contributed by atoms with E-state index < -0.39 is 12.0 Å². The molecular weight excluding hydrogens is 352 g/mol. The number of hydrogen-bond donors (Lipinski definition) is 0. The van der Waals surface area contributed by atoms with Crippen LogP contribution < -0.4 is 5.06 Å². The fraction of sp³-hybridized carbons (Fsp3) is 0.300. The molecular formula is C20H19ClN2O3. The van der Waals surface area contributed by atoms with Crippen molar-refractivity contribution in [3.05, 3.63) is 65.2 Å². The number of hydrogen-bond acceptors (Lipinski definition) is 4. The Morgan fingerprint density at radius 3 is 2.23 bits per heavy atom. The second-order valence-electron chi connectivity index (χ2n) is 6.85. The Morgan fingerprint density at radius 2 is 1.62 bits per heavy atom. The summed E-state index contributed by atoms with van der Waals surface area (Å²) >= 11 is 5.99. The molecule has 0 saturated carbocycles. The van der Waals surface area contributed by atoms with Crippen molar-refractivity contribution in [3.63, 3.8) is 0 Å². The molecule has 2 fully saturated rings. The van der Waals surface area contributed by atoms with Crippen LogP contribution >= 0.6 is 11.6 Å². The summed E-state index contributed by atoms with van der Waals surface area (Å²) < 4.78 is 0. The smallest absolute Gasteiger partial charge is 0.262 e. The van der Waals surface area contributed by atoms with E-state index in [-0.39, 0.29) is 23.9 Å². The third-order valence-corrected chi connectivity index (χ3v) is 5.14. The Hall–Kier alpha value is -2.37. The van der Waals surface area contributed by atoms with E-state index in [0.717, 1.165) is 11.3 Å². The molecule has 3 atom stereocenters. The number of anilines is 1. The van der Waals surface area contributed by atoms with Crippen LogP contribution in [0, 0.1) is 5.92 Å². The first-order valence-corrected chi connectivity index (χ1v) is 9.00. The number of amides is 2. The van der Waals surface area contributed by atoms with Gasteiger partial charge in [-0.3, -0.25) is 19.3 Å². The van der Waals surface area contributed by atoms with Crippen LogP contribution in [0.15, 0.2) is 54.6 Å². The van der Waals surface area contributed by atoms with Crippen LogP contribution in [0.1, 0.15) is 25.5 Å². The van der Waals surface area contributed by atoms with Gasteiger partial charge in [0.2, 0.25) is 5.91 Å². The van der Waals surface area contributed by atoms with E-state index in [4.69, 9.17) is 16.4 Å². The molecule has 2 aromatic rings. The van der Waals surface area contributed by atoms with Gasteiger partial charge in [0, 0.05) is 11.1 Å². The summed E-state index contributed by atoms with van der Waals surface area (Å²) in [6.45, 7) is 3.68. The molecule has 0 spiro atoms. The first-order chi connectivity index (χ1) is 12.5. The Labute approximate surface area is 157 Å². The Kier molecular flexibility index (Phi) is 4.21. The third kappa shape index (κ3) is 2.59. The largest absolute Gasteiger partial charge is 0.277 e. The maximum absolute atomic E-state index is 13.0. The predicted molar refractivity (Wildman–Crippen MR) is 98.5 cm³/mol. The van der Waals surface area contributed by atoms with Gasteiger partial charge < -0.3 is 0 Å². The minimum atomic E-state index is -0.800. The molecule has 0 aromatic heterocycles. The standard InChI is InChI=1S/C20H19ClN2O3/c1-12(2)22-19(24)16-17(13-6-4-3-5-7-13)23(26-18(16)20(22)25)15-10-8-14(21)9-11-15/h3-12,16-18H,1-2H3/t16-,17+,18-/m0/s1. The lowest BCUT2D eigenvalue weighted by Crippen LogP contribution is -2.41. The van der Waals surface area contributed by atoms with Crippen LogP contribution in [0.3, 0.4) is 0 Å². The van der Waals surface area contributed by atoms with E-state index in [0.29, 0.717) is 5.02 Å². The summed E-state index contributed by atoms with van der Waals surface area (Å²) in [4.78, 5) is 33.2. The highest BCUT2D eigenvalue weighted by Crippen LogP contribution is 2.47. The minimum absolute atomic E-state index is 0.180. The number of benzene rings is 2. The monoisotopic (exact) mass is 370 g/mol. The number of imide groups is 1. The lowest BCUT2D eigenvalue weighted by molar-refractivity contribution is -0.145. The number of carbonyl (C=O) groups is 2. The van der Waals surface area contributed by atoms with E-state index in [1.807, 2.05) is 56.3 Å². The molecule has 0 unspecified atom stereocenters. The SMILES string of the molecule is CC(C)N1C(=O)[C@@H]2[C@H](ON(c3ccc(Cl)cc3)[C@@H]2c2ccccc2)C1=O. The topological polar surface area (TPSA) is 49.9 Å². The maximum atomic E-state index is 13.0. The lowest BCUT2D eigenvalue weighted by Gasteiger charge is -2.29. The summed E-state index contributed by atoms with van der Waals surface area (Å²) in [7, 11) is 0. The first-order valence-electron chi connectivity index (χ1n) is 8.62. The van der Waals surface area contributed by atoms with Crippen LogP contribution in [0.2, 0.25) is 5.02 Å². The number of nitrogens with zero attached hydrogens (tertiary/aromatic N) is 2. The van der Waals surface area contributed by atoms with E-state index in [2.05, 4.69) is 0 Å². The van der Waals surface area contributed by atoms with Crippen molar-refractivity contribution >= 4 is 29.1 Å². The summed E-state index contributed by atoms with van der Waals surface area (Å²) in [6, 6.07) is 16.3. The van der Waals surface area contributed by atoms with E-state index in [1.54, 1.807) is 17.2 Å². The average molecular weight is 371 g/mol. The van der Waals surface area contributed by atoms with Crippen molar-refractivity contribution in [2.75, 3.05) is 5.06 Å². The highest BCUT2D eigenvalue weighted by molar-refractivity contribution is 6.30. The molecule has 6 heteroatoms. The van der Waals surface area contributed by atoms with Gasteiger partial charge in [-0.1, -0.05) is 41.9 Å². The number of hydroxylamine groups is 1. The van der Waals surface area contributed by atoms with Gasteiger partial charge >= 0.3 is 0 Å². The minimum Gasteiger partial charge on any atom is -0.277 e. The summed E-state index contributed by atoms with van der Waals surface area (Å²) in [5.74, 6) is -1.02. The summed E-state index contributed by atoms with van der Waals surface area (Å²) in [5.41, 5.74) is 1.69. The zero-order valence-corrected chi connectivity index (χ0v) is 15.3. The molecule has 134 valence electrons. The summed E-state index contributed by atoms with van der Waals surface area (Å²) in [5, 5.41) is 2.29. The molecule has 5 nitrogen and oxygen atoms in total. The van der Waals surface area contributed by atoms with Gasteiger partial charge in [0.15, 0.2) is 6.10 Å². The lowest BCUT2D eigenvalue weighted by atomic mass is 9.90. The van der Waals surface area contributed by atoms with Crippen LogP contribution in [-0.2, 0) is 14.4 Å². The molecule has 0 aliphatic carbocycles. The molecule has 2 aliphatic heterocycles. The average Bonchev–Trinajstić information content (AvgIpc) is 3.13. The van der Waals surface area contributed by atoms with Gasteiger partial charge in [-0.2, -0.15) is 0 Å².